The van der Waals surface area contributed by atoms with Crippen molar-refractivity contribution in [2.45, 2.75) is 47.1 Å². The third-order valence-electron chi connectivity index (χ3n) is 3.93. The molecule has 26 heavy (non-hydrogen) atoms. The van der Waals surface area contributed by atoms with E-state index in [-0.39, 0.29) is 5.91 Å². The number of esters is 1. The first-order chi connectivity index (χ1) is 12.3. The molecule has 7 nitrogen and oxygen atoms in total. The van der Waals surface area contributed by atoms with Crippen LogP contribution < -0.4 is 5.32 Å². The topological polar surface area (TPSA) is 86.4 Å². The third kappa shape index (κ3) is 4.62. The third-order valence-corrected chi connectivity index (χ3v) is 3.93. The van der Waals surface area contributed by atoms with E-state index in [0.717, 1.165) is 29.1 Å². The highest BCUT2D eigenvalue weighted by Gasteiger charge is 2.16. The molecule has 0 aliphatic carbocycles. The van der Waals surface area contributed by atoms with Gasteiger partial charge in [-0.15, -0.1) is 0 Å². The molecule has 7 heteroatoms. The van der Waals surface area contributed by atoms with Gasteiger partial charge in [-0.05, 0) is 51.8 Å². The van der Waals surface area contributed by atoms with E-state index in [0.29, 0.717) is 12.4 Å². The van der Waals surface area contributed by atoms with Crippen LogP contribution in [0, 0.1) is 20.8 Å². The minimum atomic E-state index is -0.829. The molecule has 2 aromatic heterocycles. The number of hydrogen-bond donors (Lipinski definition) is 1. The Morgan fingerprint density at radius 2 is 2.08 bits per heavy atom. The molecule has 2 rings (SSSR count). The second-order valence-electron chi connectivity index (χ2n) is 6.16. The number of nitrogens with one attached hydrogen (secondary N) is 1. The van der Waals surface area contributed by atoms with Crippen molar-refractivity contribution in [2.75, 3.05) is 6.54 Å². The van der Waals surface area contributed by atoms with Gasteiger partial charge in [0.2, 0.25) is 0 Å². The van der Waals surface area contributed by atoms with Gasteiger partial charge in [0.05, 0.1) is 0 Å². The number of carbonyl (C=O) groups excluding carboxylic acids is 2. The van der Waals surface area contributed by atoms with Crippen molar-refractivity contribution in [3.05, 3.63) is 40.9 Å². The fraction of sp³-hybridized carbons (Fsp3) is 0.421. The predicted octanol–water partition coefficient (Wildman–Crippen LogP) is 2.86. The molecular formula is C19H25N3O4. The van der Waals surface area contributed by atoms with Crippen molar-refractivity contribution in [3.63, 3.8) is 0 Å². The van der Waals surface area contributed by atoms with E-state index in [1.54, 1.807) is 13.0 Å². The van der Waals surface area contributed by atoms with Crippen molar-refractivity contribution in [2.24, 2.45) is 0 Å². The molecule has 0 unspecified atom stereocenters. The van der Waals surface area contributed by atoms with Gasteiger partial charge in [0.15, 0.2) is 11.9 Å². The summed E-state index contributed by atoms with van der Waals surface area (Å²) >= 11 is 0. The average Bonchev–Trinajstić information content (AvgIpc) is 3.13. The first-order valence-electron chi connectivity index (χ1n) is 8.62. The summed E-state index contributed by atoms with van der Waals surface area (Å²) in [4.78, 5) is 23.7. The monoisotopic (exact) mass is 359 g/mol. The molecule has 0 spiro atoms. The van der Waals surface area contributed by atoms with Crippen molar-refractivity contribution in [1.82, 2.24) is 15.0 Å². The van der Waals surface area contributed by atoms with Crippen molar-refractivity contribution in [1.29, 1.82) is 0 Å². The fourth-order valence-electron chi connectivity index (χ4n) is 2.58. The highest BCUT2D eigenvalue weighted by Crippen LogP contribution is 2.21. The highest BCUT2D eigenvalue weighted by atomic mass is 16.5. The van der Waals surface area contributed by atoms with Gasteiger partial charge in [0.25, 0.3) is 5.91 Å². The van der Waals surface area contributed by atoms with Gasteiger partial charge in [-0.25, -0.2) is 4.79 Å². The molecule has 2 aromatic rings. The number of nitrogens with zero attached hydrogens (tertiary/aromatic N) is 2. The molecule has 0 fully saturated rings. The number of amides is 1. The number of carbonyl (C=O) groups is 2. The van der Waals surface area contributed by atoms with Crippen molar-refractivity contribution in [3.8, 4) is 5.82 Å². The standard InChI is InChI=1S/C19H25N3O4/c1-6-9-20-19(24)15(5)25-18(23)8-7-16-10-12(2)22(14(16)4)17-11-13(3)26-21-17/h7-8,10-11,15H,6,9H2,1-5H3,(H,20,24)/b8-7+/t15-/m0/s1. The molecule has 140 valence electrons. The van der Waals surface area contributed by atoms with Crippen LogP contribution in [0.15, 0.2) is 22.7 Å². The molecule has 0 saturated heterocycles. The zero-order valence-electron chi connectivity index (χ0n) is 15.8. The smallest absolute Gasteiger partial charge is 0.331 e. The van der Waals surface area contributed by atoms with Crippen LogP contribution >= 0.6 is 0 Å². The highest BCUT2D eigenvalue weighted by molar-refractivity contribution is 5.90. The number of aryl methyl sites for hydroxylation is 2. The number of hydrogen-bond acceptors (Lipinski definition) is 5. The quantitative estimate of drug-likeness (QED) is 0.607. The number of rotatable bonds is 7. The van der Waals surface area contributed by atoms with Crippen molar-refractivity contribution < 1.29 is 18.8 Å². The summed E-state index contributed by atoms with van der Waals surface area (Å²) in [5, 5.41) is 6.72. The van der Waals surface area contributed by atoms with E-state index in [1.165, 1.54) is 6.08 Å². The summed E-state index contributed by atoms with van der Waals surface area (Å²) in [6.07, 6.45) is 2.99. The summed E-state index contributed by atoms with van der Waals surface area (Å²) < 4.78 is 12.2. The van der Waals surface area contributed by atoms with Crippen LogP contribution in [-0.2, 0) is 14.3 Å². The molecular weight excluding hydrogens is 334 g/mol. The lowest BCUT2D eigenvalue weighted by atomic mass is 10.2. The van der Waals surface area contributed by atoms with E-state index in [9.17, 15) is 9.59 Å². The largest absolute Gasteiger partial charge is 0.449 e. The second-order valence-corrected chi connectivity index (χ2v) is 6.16. The van der Waals surface area contributed by atoms with Gasteiger partial charge in [0.1, 0.15) is 5.76 Å². The average molecular weight is 359 g/mol. The lowest BCUT2D eigenvalue weighted by Gasteiger charge is -2.11. The summed E-state index contributed by atoms with van der Waals surface area (Å²) in [7, 11) is 0. The number of aromatic nitrogens is 2. The summed E-state index contributed by atoms with van der Waals surface area (Å²) in [6.45, 7) is 9.78. The minimum absolute atomic E-state index is 0.298. The van der Waals surface area contributed by atoms with Gasteiger partial charge in [-0.3, -0.25) is 9.36 Å². The molecule has 0 aliphatic rings. The fourth-order valence-corrected chi connectivity index (χ4v) is 2.58. The normalized spacial score (nSPS) is 12.3. The second kappa shape index (κ2) is 8.51. The van der Waals surface area contributed by atoms with Crippen molar-refractivity contribution >= 4 is 18.0 Å². The first kappa shape index (κ1) is 19.5. The van der Waals surface area contributed by atoms with Gasteiger partial charge in [-0.2, -0.15) is 0 Å². The predicted molar refractivity (Wildman–Crippen MR) is 97.9 cm³/mol. The lowest BCUT2D eigenvalue weighted by molar-refractivity contribution is -0.150. The summed E-state index contributed by atoms with van der Waals surface area (Å²) in [6, 6.07) is 3.79. The molecule has 0 aliphatic heterocycles. The Balaban J connectivity index is 2.06. The Morgan fingerprint density at radius 3 is 2.69 bits per heavy atom. The van der Waals surface area contributed by atoms with Gasteiger partial charge < -0.3 is 14.6 Å². The molecule has 0 radical (unpaired) electrons. The Labute approximate surface area is 153 Å². The van der Waals surface area contributed by atoms with E-state index in [4.69, 9.17) is 9.26 Å². The van der Waals surface area contributed by atoms with Crippen LogP contribution in [0.1, 0.15) is 43.0 Å². The van der Waals surface area contributed by atoms with E-state index < -0.39 is 12.1 Å². The first-order valence-corrected chi connectivity index (χ1v) is 8.62. The van der Waals surface area contributed by atoms with Crippen LogP contribution in [0.25, 0.3) is 11.9 Å². The van der Waals surface area contributed by atoms with Crippen LogP contribution in [-0.4, -0.2) is 34.2 Å². The number of ether oxygens (including phenoxy) is 1. The lowest BCUT2D eigenvalue weighted by Crippen LogP contribution is -2.35. The van der Waals surface area contributed by atoms with Gasteiger partial charge in [0, 0.05) is 30.1 Å². The molecule has 1 N–H and O–H groups in total. The van der Waals surface area contributed by atoms with E-state index >= 15 is 0 Å². The van der Waals surface area contributed by atoms with Crippen LogP contribution in [0.5, 0.6) is 0 Å². The molecule has 0 aromatic carbocycles. The zero-order valence-corrected chi connectivity index (χ0v) is 15.8. The molecule has 2 heterocycles. The maximum Gasteiger partial charge on any atom is 0.331 e. The van der Waals surface area contributed by atoms with E-state index in [2.05, 4.69) is 10.5 Å². The van der Waals surface area contributed by atoms with Crippen LogP contribution in [0.4, 0.5) is 0 Å². The minimum Gasteiger partial charge on any atom is -0.449 e. The van der Waals surface area contributed by atoms with E-state index in [1.807, 2.05) is 44.4 Å². The molecule has 1 amide bonds. The Bertz CT molecular complexity index is 817. The Hall–Kier alpha value is -2.83. The van der Waals surface area contributed by atoms with Crippen LogP contribution in [0.2, 0.25) is 0 Å². The van der Waals surface area contributed by atoms with Gasteiger partial charge >= 0.3 is 5.97 Å². The maximum atomic E-state index is 12.0. The molecule has 0 saturated carbocycles. The van der Waals surface area contributed by atoms with Crippen LogP contribution in [0.3, 0.4) is 0 Å². The maximum absolute atomic E-state index is 12.0. The zero-order chi connectivity index (χ0) is 19.3. The van der Waals surface area contributed by atoms with Gasteiger partial charge in [-0.1, -0.05) is 12.1 Å². The summed E-state index contributed by atoms with van der Waals surface area (Å²) in [5.41, 5.74) is 2.76. The Kier molecular flexibility index (Phi) is 6.38. The molecule has 1 atom stereocenters. The molecule has 0 bridgehead atoms. The Morgan fingerprint density at radius 1 is 1.35 bits per heavy atom. The summed E-state index contributed by atoms with van der Waals surface area (Å²) in [5.74, 6) is 0.559. The SMILES string of the molecule is CCCNC(=O)[C@H](C)OC(=O)/C=C/c1cc(C)n(-c2cc(C)on2)c1C.